The van der Waals surface area contributed by atoms with Crippen molar-refractivity contribution in [1.82, 2.24) is 15.0 Å². The number of ether oxygens (including phenoxy) is 1. The molecule has 0 atom stereocenters. The van der Waals surface area contributed by atoms with Crippen molar-refractivity contribution in [2.45, 2.75) is 6.92 Å². The number of amides is 1. The van der Waals surface area contributed by atoms with Gasteiger partial charge in [-0.1, -0.05) is 6.07 Å². The van der Waals surface area contributed by atoms with Crippen molar-refractivity contribution in [2.75, 3.05) is 5.32 Å². The lowest BCUT2D eigenvalue weighted by molar-refractivity contribution is 0.102. The van der Waals surface area contributed by atoms with E-state index < -0.39 is 11.7 Å². The van der Waals surface area contributed by atoms with Crippen LogP contribution in [0.3, 0.4) is 0 Å². The number of carbonyl (C=O) groups is 1. The molecule has 0 saturated heterocycles. The fourth-order valence-corrected chi connectivity index (χ4v) is 1.97. The van der Waals surface area contributed by atoms with Gasteiger partial charge in [-0.05, 0) is 24.6 Å². The molecule has 3 rings (SSSR count). The van der Waals surface area contributed by atoms with Crippen LogP contribution in [0.25, 0.3) is 0 Å². The van der Waals surface area contributed by atoms with Crippen molar-refractivity contribution in [3.63, 3.8) is 0 Å². The van der Waals surface area contributed by atoms with E-state index in [0.717, 1.165) is 5.56 Å². The normalized spacial score (nSPS) is 10.2. The van der Waals surface area contributed by atoms with Gasteiger partial charge in [-0.2, -0.15) is 0 Å². The Morgan fingerprint density at radius 1 is 1.08 bits per heavy atom. The zero-order valence-corrected chi connectivity index (χ0v) is 12.7. The Balaban J connectivity index is 1.78. The molecule has 0 aliphatic heterocycles. The van der Waals surface area contributed by atoms with Crippen LogP contribution in [0.15, 0.2) is 55.2 Å². The molecule has 0 bridgehead atoms. The number of halogens is 1. The summed E-state index contributed by atoms with van der Waals surface area (Å²) < 4.78 is 19.2. The Morgan fingerprint density at radius 3 is 2.58 bits per heavy atom. The standard InChI is InChI=1S/C17H13FN4O2/c1-11-2-3-16(21-7-11)17(23)22-13-4-12(18)5-14(6-13)24-15-8-19-10-20-9-15/h2-10H,1H3,(H,22,23). The molecule has 6 nitrogen and oxygen atoms in total. The summed E-state index contributed by atoms with van der Waals surface area (Å²) in [6.07, 6.45) is 5.85. The number of benzene rings is 1. The molecule has 2 aromatic heterocycles. The van der Waals surface area contributed by atoms with Gasteiger partial charge in [-0.25, -0.2) is 14.4 Å². The molecule has 0 unspecified atom stereocenters. The fraction of sp³-hybridized carbons (Fsp3) is 0.0588. The molecule has 1 aromatic carbocycles. The first-order valence-corrected chi connectivity index (χ1v) is 7.07. The number of pyridine rings is 1. The predicted octanol–water partition coefficient (Wildman–Crippen LogP) is 3.36. The first-order valence-electron chi connectivity index (χ1n) is 7.07. The highest BCUT2D eigenvalue weighted by Gasteiger charge is 2.10. The second kappa shape index (κ2) is 6.82. The molecule has 0 radical (unpaired) electrons. The van der Waals surface area contributed by atoms with Crippen LogP contribution in [-0.4, -0.2) is 20.9 Å². The molecule has 0 spiro atoms. The van der Waals surface area contributed by atoms with Crippen LogP contribution in [0.5, 0.6) is 11.5 Å². The number of nitrogens with zero attached hydrogens (tertiary/aromatic N) is 3. The van der Waals surface area contributed by atoms with E-state index in [1.54, 1.807) is 18.3 Å². The first-order chi connectivity index (χ1) is 11.6. The lowest BCUT2D eigenvalue weighted by Gasteiger charge is -2.09. The van der Waals surface area contributed by atoms with E-state index >= 15 is 0 Å². The molecule has 0 aliphatic carbocycles. The van der Waals surface area contributed by atoms with Crippen LogP contribution < -0.4 is 10.1 Å². The Kier molecular flexibility index (Phi) is 4.42. The molecule has 0 saturated carbocycles. The molecule has 1 amide bonds. The van der Waals surface area contributed by atoms with Gasteiger partial charge in [-0.15, -0.1) is 0 Å². The quantitative estimate of drug-likeness (QED) is 0.796. The largest absolute Gasteiger partial charge is 0.454 e. The molecular formula is C17H13FN4O2. The predicted molar refractivity (Wildman–Crippen MR) is 85.4 cm³/mol. The summed E-state index contributed by atoms with van der Waals surface area (Å²) in [7, 11) is 0. The third kappa shape index (κ3) is 3.89. The first kappa shape index (κ1) is 15.5. The van der Waals surface area contributed by atoms with Gasteiger partial charge in [0.1, 0.15) is 23.6 Å². The van der Waals surface area contributed by atoms with Crippen LogP contribution in [0.2, 0.25) is 0 Å². The smallest absolute Gasteiger partial charge is 0.274 e. The van der Waals surface area contributed by atoms with Crippen LogP contribution in [0.1, 0.15) is 16.1 Å². The summed E-state index contributed by atoms with van der Waals surface area (Å²) in [6.45, 7) is 1.87. The van der Waals surface area contributed by atoms with Gasteiger partial charge in [0, 0.05) is 24.0 Å². The minimum absolute atomic E-state index is 0.219. The van der Waals surface area contributed by atoms with Crippen molar-refractivity contribution < 1.29 is 13.9 Å². The maximum absolute atomic E-state index is 13.8. The molecule has 0 aliphatic rings. The van der Waals surface area contributed by atoms with Gasteiger partial charge >= 0.3 is 0 Å². The van der Waals surface area contributed by atoms with E-state index in [1.807, 2.05) is 6.92 Å². The Bertz CT molecular complexity index is 854. The lowest BCUT2D eigenvalue weighted by atomic mass is 10.2. The second-order valence-electron chi connectivity index (χ2n) is 5.03. The van der Waals surface area contributed by atoms with Crippen LogP contribution in [-0.2, 0) is 0 Å². The number of hydrogen-bond acceptors (Lipinski definition) is 5. The van der Waals surface area contributed by atoms with Crippen molar-refractivity contribution >= 4 is 11.6 Å². The van der Waals surface area contributed by atoms with Gasteiger partial charge in [0.15, 0.2) is 5.75 Å². The summed E-state index contributed by atoms with van der Waals surface area (Å²) in [6, 6.07) is 7.27. The lowest BCUT2D eigenvalue weighted by Crippen LogP contribution is -2.13. The van der Waals surface area contributed by atoms with Crippen LogP contribution >= 0.6 is 0 Å². The van der Waals surface area contributed by atoms with Gasteiger partial charge in [-0.3, -0.25) is 9.78 Å². The Labute approximate surface area is 137 Å². The zero-order valence-electron chi connectivity index (χ0n) is 12.7. The molecule has 2 heterocycles. The topological polar surface area (TPSA) is 77.0 Å². The van der Waals surface area contributed by atoms with E-state index in [4.69, 9.17) is 4.74 Å². The van der Waals surface area contributed by atoms with E-state index in [1.165, 1.54) is 36.9 Å². The SMILES string of the molecule is Cc1ccc(C(=O)Nc2cc(F)cc(Oc3cncnc3)c2)nc1. The minimum atomic E-state index is -0.545. The number of nitrogens with one attached hydrogen (secondary N) is 1. The monoisotopic (exact) mass is 324 g/mol. The Hall–Kier alpha value is -3.35. The molecule has 3 aromatic rings. The summed E-state index contributed by atoms with van der Waals surface area (Å²) in [4.78, 5) is 23.8. The summed E-state index contributed by atoms with van der Waals surface area (Å²) in [5.41, 5.74) is 1.44. The molecule has 120 valence electrons. The Morgan fingerprint density at radius 2 is 1.88 bits per heavy atom. The number of anilines is 1. The van der Waals surface area contributed by atoms with Gasteiger partial charge in [0.2, 0.25) is 0 Å². The van der Waals surface area contributed by atoms with Crippen molar-refractivity contribution in [1.29, 1.82) is 0 Å². The van der Waals surface area contributed by atoms with Crippen molar-refractivity contribution in [3.05, 3.63) is 72.3 Å². The number of aromatic nitrogens is 3. The highest BCUT2D eigenvalue weighted by Crippen LogP contribution is 2.25. The third-order valence-corrected chi connectivity index (χ3v) is 3.05. The van der Waals surface area contributed by atoms with Crippen LogP contribution in [0, 0.1) is 12.7 Å². The number of rotatable bonds is 4. The minimum Gasteiger partial charge on any atom is -0.454 e. The van der Waals surface area contributed by atoms with E-state index in [9.17, 15) is 9.18 Å². The van der Waals surface area contributed by atoms with Crippen molar-refractivity contribution in [2.24, 2.45) is 0 Å². The van der Waals surface area contributed by atoms with Crippen molar-refractivity contribution in [3.8, 4) is 11.5 Å². The molecule has 24 heavy (non-hydrogen) atoms. The number of carbonyl (C=O) groups excluding carboxylic acids is 1. The van der Waals surface area contributed by atoms with Gasteiger partial charge < -0.3 is 10.1 Å². The van der Waals surface area contributed by atoms with E-state index in [-0.39, 0.29) is 17.1 Å². The summed E-state index contributed by atoms with van der Waals surface area (Å²) in [5, 5.41) is 2.59. The number of hydrogen-bond donors (Lipinski definition) is 1. The number of aryl methyl sites for hydroxylation is 1. The average Bonchev–Trinajstić information content (AvgIpc) is 2.55. The average molecular weight is 324 g/mol. The molecule has 1 N–H and O–H groups in total. The molecular weight excluding hydrogens is 311 g/mol. The zero-order chi connectivity index (χ0) is 16.9. The highest BCUT2D eigenvalue weighted by molar-refractivity contribution is 6.02. The summed E-state index contributed by atoms with van der Waals surface area (Å²) >= 11 is 0. The van der Waals surface area contributed by atoms with Gasteiger partial charge in [0.25, 0.3) is 5.91 Å². The maximum Gasteiger partial charge on any atom is 0.274 e. The molecule has 0 fully saturated rings. The summed E-state index contributed by atoms with van der Waals surface area (Å²) in [5.74, 6) is -0.399. The second-order valence-corrected chi connectivity index (χ2v) is 5.03. The third-order valence-electron chi connectivity index (χ3n) is 3.05. The van der Waals surface area contributed by atoms with E-state index in [2.05, 4.69) is 20.3 Å². The highest BCUT2D eigenvalue weighted by atomic mass is 19.1. The van der Waals surface area contributed by atoms with Crippen LogP contribution in [0.4, 0.5) is 10.1 Å². The fourth-order valence-electron chi connectivity index (χ4n) is 1.97. The van der Waals surface area contributed by atoms with Gasteiger partial charge in [0.05, 0.1) is 12.4 Å². The maximum atomic E-state index is 13.8. The van der Waals surface area contributed by atoms with E-state index in [0.29, 0.717) is 5.75 Å². The molecule has 7 heteroatoms.